The quantitative estimate of drug-likeness (QED) is 0.625. The van der Waals surface area contributed by atoms with Gasteiger partial charge in [-0.1, -0.05) is 11.6 Å². The number of hydrogen-bond acceptors (Lipinski definition) is 2. The summed E-state index contributed by atoms with van der Waals surface area (Å²) in [6.07, 6.45) is 3.02. The smallest absolute Gasteiger partial charge is 0.144 e. The summed E-state index contributed by atoms with van der Waals surface area (Å²) < 4.78 is 12.8. The molecule has 2 nitrogen and oxygen atoms in total. The van der Waals surface area contributed by atoms with Crippen LogP contribution < -0.4 is 0 Å². The monoisotopic (exact) mass is 182 g/mol. The van der Waals surface area contributed by atoms with E-state index in [2.05, 4.69) is 9.97 Å². The van der Waals surface area contributed by atoms with Crippen molar-refractivity contribution >= 4 is 22.6 Å². The van der Waals surface area contributed by atoms with Crippen LogP contribution in [0.15, 0.2) is 24.5 Å². The summed E-state index contributed by atoms with van der Waals surface area (Å²) in [5.41, 5.74) is 1.00. The lowest BCUT2D eigenvalue weighted by atomic mass is 10.3. The average Bonchev–Trinajstić information content (AvgIpc) is 2.12. The molecule has 0 aliphatic rings. The van der Waals surface area contributed by atoms with Gasteiger partial charge in [-0.05, 0) is 12.1 Å². The third kappa shape index (κ3) is 1.02. The van der Waals surface area contributed by atoms with Crippen molar-refractivity contribution in [3.05, 3.63) is 35.4 Å². The van der Waals surface area contributed by atoms with Gasteiger partial charge in [0.15, 0.2) is 0 Å². The number of benzene rings is 1. The van der Waals surface area contributed by atoms with Gasteiger partial charge < -0.3 is 0 Å². The number of aromatic nitrogens is 2. The van der Waals surface area contributed by atoms with Crippen molar-refractivity contribution in [3.8, 4) is 0 Å². The van der Waals surface area contributed by atoms with Crippen LogP contribution in [0.3, 0.4) is 0 Å². The molecule has 4 heteroatoms. The molecule has 0 radical (unpaired) electrons. The molecule has 0 fully saturated rings. The van der Waals surface area contributed by atoms with Crippen molar-refractivity contribution in [1.82, 2.24) is 9.97 Å². The molecule has 1 aromatic carbocycles. The van der Waals surface area contributed by atoms with E-state index in [9.17, 15) is 4.39 Å². The lowest BCUT2D eigenvalue weighted by molar-refractivity contribution is 0.629. The van der Waals surface area contributed by atoms with E-state index in [-0.39, 0.29) is 5.02 Å². The second-order valence-corrected chi connectivity index (χ2v) is 2.66. The third-order valence-corrected chi connectivity index (χ3v) is 1.89. The Labute approximate surface area is 73.0 Å². The largest absolute Gasteiger partial charge is 0.253 e. The van der Waals surface area contributed by atoms with Crippen LogP contribution in [0.4, 0.5) is 4.39 Å². The topological polar surface area (TPSA) is 25.8 Å². The van der Waals surface area contributed by atoms with E-state index < -0.39 is 5.82 Å². The van der Waals surface area contributed by atoms with E-state index in [0.717, 1.165) is 0 Å². The van der Waals surface area contributed by atoms with Gasteiger partial charge in [0, 0.05) is 12.4 Å². The van der Waals surface area contributed by atoms with Crippen LogP contribution in [-0.2, 0) is 0 Å². The highest BCUT2D eigenvalue weighted by Gasteiger charge is 2.05. The van der Waals surface area contributed by atoms with Gasteiger partial charge in [0.05, 0.1) is 5.52 Å². The van der Waals surface area contributed by atoms with E-state index >= 15 is 0 Å². The predicted molar refractivity (Wildman–Crippen MR) is 44.5 cm³/mol. The van der Waals surface area contributed by atoms with Gasteiger partial charge in [0.2, 0.25) is 0 Å². The zero-order valence-corrected chi connectivity index (χ0v) is 6.72. The first-order valence-corrected chi connectivity index (χ1v) is 3.71. The predicted octanol–water partition coefficient (Wildman–Crippen LogP) is 2.42. The summed E-state index contributed by atoms with van der Waals surface area (Å²) in [6, 6.07) is 2.82. The SMILES string of the molecule is Fc1ccc2nccnc2c1Cl. The molecule has 2 aromatic rings. The van der Waals surface area contributed by atoms with Gasteiger partial charge in [0.25, 0.3) is 0 Å². The lowest BCUT2D eigenvalue weighted by Gasteiger charge is -1.97. The van der Waals surface area contributed by atoms with E-state index in [4.69, 9.17) is 11.6 Å². The fourth-order valence-electron chi connectivity index (χ4n) is 0.978. The minimum atomic E-state index is -0.468. The fourth-order valence-corrected chi connectivity index (χ4v) is 1.19. The van der Waals surface area contributed by atoms with Gasteiger partial charge in [0.1, 0.15) is 16.4 Å². The van der Waals surface area contributed by atoms with Crippen molar-refractivity contribution in [2.45, 2.75) is 0 Å². The van der Waals surface area contributed by atoms with Gasteiger partial charge in [-0.2, -0.15) is 0 Å². The Hall–Kier alpha value is -1.22. The standard InChI is InChI=1S/C8H4ClFN2/c9-7-5(10)1-2-6-8(7)12-4-3-11-6/h1-4H. The van der Waals surface area contributed by atoms with E-state index in [0.29, 0.717) is 11.0 Å². The van der Waals surface area contributed by atoms with Crippen molar-refractivity contribution in [3.63, 3.8) is 0 Å². The molecule has 0 unspecified atom stereocenters. The summed E-state index contributed by atoms with van der Waals surface area (Å²) in [7, 11) is 0. The number of hydrogen-bond donors (Lipinski definition) is 0. The number of rotatable bonds is 0. The molecule has 60 valence electrons. The van der Waals surface area contributed by atoms with E-state index in [1.165, 1.54) is 18.5 Å². The summed E-state index contributed by atoms with van der Waals surface area (Å²) in [4.78, 5) is 7.88. The Bertz CT molecular complexity index is 430. The van der Waals surface area contributed by atoms with Crippen LogP contribution in [0.2, 0.25) is 5.02 Å². The zero-order chi connectivity index (χ0) is 8.55. The molecular weight excluding hydrogens is 179 g/mol. The maximum Gasteiger partial charge on any atom is 0.144 e. The Kier molecular flexibility index (Phi) is 1.66. The first-order valence-electron chi connectivity index (χ1n) is 3.34. The summed E-state index contributed by atoms with van der Waals surface area (Å²) >= 11 is 5.65. The minimum Gasteiger partial charge on any atom is -0.253 e. The molecule has 0 saturated heterocycles. The molecular formula is C8H4ClFN2. The first-order chi connectivity index (χ1) is 5.79. The highest BCUT2D eigenvalue weighted by molar-refractivity contribution is 6.35. The van der Waals surface area contributed by atoms with Gasteiger partial charge in [-0.3, -0.25) is 9.97 Å². The van der Waals surface area contributed by atoms with Crippen LogP contribution in [-0.4, -0.2) is 9.97 Å². The molecule has 0 N–H and O–H groups in total. The number of fused-ring (bicyclic) bond motifs is 1. The van der Waals surface area contributed by atoms with Crippen LogP contribution >= 0.6 is 11.6 Å². The number of nitrogens with zero attached hydrogens (tertiary/aromatic N) is 2. The minimum absolute atomic E-state index is 0.0283. The molecule has 0 saturated carbocycles. The van der Waals surface area contributed by atoms with Gasteiger partial charge in [-0.25, -0.2) is 4.39 Å². The molecule has 1 aromatic heterocycles. The first kappa shape index (κ1) is 7.43. The molecule has 2 rings (SSSR count). The normalized spacial score (nSPS) is 10.5. The van der Waals surface area contributed by atoms with Crippen LogP contribution in [0, 0.1) is 5.82 Å². The van der Waals surface area contributed by atoms with Crippen molar-refractivity contribution in [2.75, 3.05) is 0 Å². The molecule has 12 heavy (non-hydrogen) atoms. The van der Waals surface area contributed by atoms with Crippen LogP contribution in [0.5, 0.6) is 0 Å². The molecule has 0 aliphatic carbocycles. The third-order valence-electron chi connectivity index (χ3n) is 1.53. The molecule has 0 amide bonds. The Morgan fingerprint density at radius 2 is 1.92 bits per heavy atom. The average molecular weight is 183 g/mol. The maximum atomic E-state index is 12.8. The summed E-state index contributed by atoms with van der Waals surface area (Å²) in [6.45, 7) is 0. The van der Waals surface area contributed by atoms with Gasteiger partial charge >= 0.3 is 0 Å². The Balaban J connectivity index is 2.91. The summed E-state index contributed by atoms with van der Waals surface area (Å²) in [5.74, 6) is -0.468. The van der Waals surface area contributed by atoms with E-state index in [1.54, 1.807) is 6.07 Å². The molecule has 0 bridgehead atoms. The number of halogens is 2. The van der Waals surface area contributed by atoms with Gasteiger partial charge in [-0.15, -0.1) is 0 Å². The molecule has 0 spiro atoms. The Morgan fingerprint density at radius 1 is 1.17 bits per heavy atom. The van der Waals surface area contributed by atoms with Crippen LogP contribution in [0.1, 0.15) is 0 Å². The Morgan fingerprint density at radius 3 is 2.75 bits per heavy atom. The van der Waals surface area contributed by atoms with E-state index in [1.807, 2.05) is 0 Å². The van der Waals surface area contributed by atoms with Crippen molar-refractivity contribution in [2.24, 2.45) is 0 Å². The molecule has 0 atom stereocenters. The second kappa shape index (κ2) is 2.68. The zero-order valence-electron chi connectivity index (χ0n) is 5.96. The molecule has 1 heterocycles. The highest BCUT2D eigenvalue weighted by Crippen LogP contribution is 2.22. The van der Waals surface area contributed by atoms with Crippen molar-refractivity contribution in [1.29, 1.82) is 0 Å². The van der Waals surface area contributed by atoms with Crippen molar-refractivity contribution < 1.29 is 4.39 Å². The maximum absolute atomic E-state index is 12.8. The highest BCUT2D eigenvalue weighted by atomic mass is 35.5. The summed E-state index contributed by atoms with van der Waals surface area (Å²) in [5, 5.41) is 0.0283. The van der Waals surface area contributed by atoms with Crippen LogP contribution in [0.25, 0.3) is 11.0 Å². The fraction of sp³-hybridized carbons (Fsp3) is 0. The second-order valence-electron chi connectivity index (χ2n) is 2.29. The lowest BCUT2D eigenvalue weighted by Crippen LogP contribution is -1.85. The molecule has 0 aliphatic heterocycles.